The van der Waals surface area contributed by atoms with Crippen molar-refractivity contribution in [2.75, 3.05) is 29.5 Å². The molecular weight excluding hydrogens is 304 g/mol. The fourth-order valence-electron chi connectivity index (χ4n) is 2.82. The topological polar surface area (TPSA) is 49.9 Å². The molecule has 0 N–H and O–H groups in total. The Bertz CT molecular complexity index is 758. The Morgan fingerprint density at radius 3 is 2.67 bits per heavy atom. The fourth-order valence-corrected chi connectivity index (χ4v) is 2.82. The first-order valence-corrected chi connectivity index (χ1v) is 7.99. The second-order valence-corrected chi connectivity index (χ2v) is 5.71. The van der Waals surface area contributed by atoms with E-state index in [2.05, 4.69) is 0 Å². The van der Waals surface area contributed by atoms with E-state index in [-0.39, 0.29) is 25.0 Å². The molecule has 3 rings (SSSR count). The van der Waals surface area contributed by atoms with Gasteiger partial charge in [0.05, 0.1) is 5.69 Å². The maximum atomic E-state index is 12.8. The number of aryl methyl sites for hydroxylation is 1. The molecule has 24 heavy (non-hydrogen) atoms. The van der Waals surface area contributed by atoms with E-state index in [1.54, 1.807) is 4.90 Å². The number of amides is 2. The Labute approximate surface area is 141 Å². The van der Waals surface area contributed by atoms with Crippen molar-refractivity contribution in [3.05, 3.63) is 54.1 Å². The van der Waals surface area contributed by atoms with Crippen LogP contribution in [0.4, 0.5) is 11.4 Å². The Kier molecular flexibility index (Phi) is 4.51. The van der Waals surface area contributed by atoms with Crippen LogP contribution >= 0.6 is 0 Å². The zero-order valence-electron chi connectivity index (χ0n) is 13.9. The minimum Gasteiger partial charge on any atom is -0.482 e. The molecule has 2 aromatic carbocycles. The number of fused-ring (bicyclic) bond motifs is 1. The highest BCUT2D eigenvalue weighted by Crippen LogP contribution is 2.32. The summed E-state index contributed by atoms with van der Waals surface area (Å²) in [5, 5.41) is 0. The molecule has 0 saturated heterocycles. The van der Waals surface area contributed by atoms with Gasteiger partial charge in [-0.3, -0.25) is 14.5 Å². The van der Waals surface area contributed by atoms with E-state index >= 15 is 0 Å². The Morgan fingerprint density at radius 2 is 1.96 bits per heavy atom. The highest BCUT2D eigenvalue weighted by molar-refractivity contribution is 6.05. The van der Waals surface area contributed by atoms with Crippen LogP contribution in [0, 0.1) is 6.92 Å². The Morgan fingerprint density at radius 1 is 1.21 bits per heavy atom. The van der Waals surface area contributed by atoms with Crippen molar-refractivity contribution in [3.8, 4) is 5.75 Å². The summed E-state index contributed by atoms with van der Waals surface area (Å²) in [6.07, 6.45) is 0. The van der Waals surface area contributed by atoms with Gasteiger partial charge in [-0.2, -0.15) is 0 Å². The number of benzene rings is 2. The molecule has 1 aliphatic heterocycles. The molecule has 0 unspecified atom stereocenters. The summed E-state index contributed by atoms with van der Waals surface area (Å²) in [5.74, 6) is 0.319. The van der Waals surface area contributed by atoms with Crippen LogP contribution in [0.5, 0.6) is 5.75 Å². The minimum atomic E-state index is -0.205. The molecule has 0 radical (unpaired) electrons. The molecule has 0 saturated carbocycles. The average Bonchev–Trinajstić information content (AvgIpc) is 2.59. The van der Waals surface area contributed by atoms with Gasteiger partial charge in [-0.25, -0.2) is 0 Å². The molecule has 2 amide bonds. The van der Waals surface area contributed by atoms with E-state index in [1.165, 1.54) is 4.90 Å². The first kappa shape index (κ1) is 16.1. The number of nitrogens with zero attached hydrogens (tertiary/aromatic N) is 2. The van der Waals surface area contributed by atoms with Crippen molar-refractivity contribution >= 4 is 23.2 Å². The summed E-state index contributed by atoms with van der Waals surface area (Å²) in [4.78, 5) is 28.2. The van der Waals surface area contributed by atoms with Crippen LogP contribution in [0.2, 0.25) is 0 Å². The normalized spacial score (nSPS) is 13.2. The van der Waals surface area contributed by atoms with Crippen LogP contribution in [0.25, 0.3) is 0 Å². The molecule has 1 aliphatic rings. The van der Waals surface area contributed by atoms with Crippen LogP contribution in [-0.2, 0) is 9.59 Å². The molecular formula is C19H20N2O3. The lowest BCUT2D eigenvalue weighted by Crippen LogP contribution is -2.46. The number of likely N-dealkylation sites (N-methyl/N-ethyl adjacent to an activating group) is 1. The molecule has 0 aromatic heterocycles. The number of ether oxygens (including phenoxy) is 1. The lowest BCUT2D eigenvalue weighted by Gasteiger charge is -2.31. The van der Waals surface area contributed by atoms with Crippen molar-refractivity contribution in [2.45, 2.75) is 13.8 Å². The number of rotatable bonds is 4. The standard InChI is InChI=1S/C19H20N2O3/c1-3-20(15-7-5-4-6-8-15)18(22)12-21-16-10-9-14(2)11-17(16)24-13-19(21)23/h4-11H,3,12-13H2,1-2H3. The van der Waals surface area contributed by atoms with Gasteiger partial charge in [0.15, 0.2) is 6.61 Å². The number of carbonyl (C=O) groups is 2. The fraction of sp³-hybridized carbons (Fsp3) is 0.263. The van der Waals surface area contributed by atoms with Gasteiger partial charge in [0.2, 0.25) is 5.91 Å². The quantitative estimate of drug-likeness (QED) is 0.869. The van der Waals surface area contributed by atoms with E-state index in [9.17, 15) is 9.59 Å². The molecule has 0 atom stereocenters. The maximum absolute atomic E-state index is 12.8. The predicted molar refractivity (Wildman–Crippen MR) is 93.5 cm³/mol. The summed E-state index contributed by atoms with van der Waals surface area (Å²) in [6, 6.07) is 15.1. The molecule has 0 spiro atoms. The van der Waals surface area contributed by atoms with Crippen LogP contribution in [-0.4, -0.2) is 31.5 Å². The summed E-state index contributed by atoms with van der Waals surface area (Å²) >= 11 is 0. The second kappa shape index (κ2) is 6.74. The SMILES string of the molecule is CCN(C(=O)CN1C(=O)COc2cc(C)ccc21)c1ccccc1. The van der Waals surface area contributed by atoms with Gasteiger partial charge >= 0.3 is 0 Å². The lowest BCUT2D eigenvalue weighted by molar-refractivity contribution is -0.124. The largest absolute Gasteiger partial charge is 0.482 e. The van der Waals surface area contributed by atoms with E-state index < -0.39 is 0 Å². The third kappa shape index (κ3) is 3.11. The van der Waals surface area contributed by atoms with Gasteiger partial charge in [0.1, 0.15) is 12.3 Å². The van der Waals surface area contributed by atoms with Gasteiger partial charge in [0.25, 0.3) is 5.91 Å². The van der Waals surface area contributed by atoms with Crippen molar-refractivity contribution in [3.63, 3.8) is 0 Å². The first-order chi connectivity index (χ1) is 11.6. The monoisotopic (exact) mass is 324 g/mol. The third-order valence-electron chi connectivity index (χ3n) is 4.04. The molecule has 1 heterocycles. The number of para-hydroxylation sites is 1. The van der Waals surface area contributed by atoms with Crippen LogP contribution in [0.15, 0.2) is 48.5 Å². The molecule has 2 aromatic rings. The van der Waals surface area contributed by atoms with E-state index in [0.717, 1.165) is 11.3 Å². The molecule has 124 valence electrons. The minimum absolute atomic E-state index is 0.000981. The number of hydrogen-bond acceptors (Lipinski definition) is 3. The molecule has 0 aliphatic carbocycles. The van der Waals surface area contributed by atoms with Gasteiger partial charge in [-0.15, -0.1) is 0 Å². The third-order valence-corrected chi connectivity index (χ3v) is 4.04. The number of anilines is 2. The molecule has 5 nitrogen and oxygen atoms in total. The van der Waals surface area contributed by atoms with Crippen molar-refractivity contribution in [1.29, 1.82) is 0 Å². The molecule has 0 bridgehead atoms. The van der Waals surface area contributed by atoms with Crippen LogP contribution < -0.4 is 14.5 Å². The summed E-state index contributed by atoms with van der Waals surface area (Å²) in [7, 11) is 0. The van der Waals surface area contributed by atoms with Crippen LogP contribution in [0.1, 0.15) is 12.5 Å². The smallest absolute Gasteiger partial charge is 0.265 e. The van der Waals surface area contributed by atoms with E-state index in [4.69, 9.17) is 4.74 Å². The highest BCUT2D eigenvalue weighted by atomic mass is 16.5. The molecule has 5 heteroatoms. The highest BCUT2D eigenvalue weighted by Gasteiger charge is 2.29. The zero-order valence-corrected chi connectivity index (χ0v) is 13.9. The summed E-state index contributed by atoms with van der Waals surface area (Å²) in [5.41, 5.74) is 2.53. The first-order valence-electron chi connectivity index (χ1n) is 7.99. The lowest BCUT2D eigenvalue weighted by atomic mass is 10.1. The maximum Gasteiger partial charge on any atom is 0.265 e. The Hall–Kier alpha value is -2.82. The van der Waals surface area contributed by atoms with Gasteiger partial charge in [0, 0.05) is 12.2 Å². The summed E-state index contributed by atoms with van der Waals surface area (Å²) < 4.78 is 5.48. The van der Waals surface area contributed by atoms with E-state index in [1.807, 2.05) is 62.4 Å². The van der Waals surface area contributed by atoms with Crippen LogP contribution in [0.3, 0.4) is 0 Å². The number of hydrogen-bond donors (Lipinski definition) is 0. The zero-order chi connectivity index (χ0) is 17.1. The molecule has 0 fully saturated rings. The van der Waals surface area contributed by atoms with Gasteiger partial charge < -0.3 is 9.64 Å². The van der Waals surface area contributed by atoms with Crippen molar-refractivity contribution in [1.82, 2.24) is 0 Å². The Balaban J connectivity index is 1.85. The van der Waals surface area contributed by atoms with E-state index in [0.29, 0.717) is 18.0 Å². The predicted octanol–water partition coefficient (Wildman–Crippen LogP) is 2.77. The number of carbonyl (C=O) groups excluding carboxylic acids is 2. The van der Waals surface area contributed by atoms with Gasteiger partial charge in [-0.1, -0.05) is 24.3 Å². The van der Waals surface area contributed by atoms with Crippen molar-refractivity contribution in [2.24, 2.45) is 0 Å². The second-order valence-electron chi connectivity index (χ2n) is 5.71. The summed E-state index contributed by atoms with van der Waals surface area (Å²) in [6.45, 7) is 4.39. The van der Waals surface area contributed by atoms with Crippen molar-refractivity contribution < 1.29 is 14.3 Å². The van der Waals surface area contributed by atoms with Gasteiger partial charge in [-0.05, 0) is 43.7 Å². The average molecular weight is 324 g/mol.